The molecule has 0 radical (unpaired) electrons. The molecule has 0 atom stereocenters. The van der Waals surface area contributed by atoms with Gasteiger partial charge in [-0.2, -0.15) is 0 Å². The standard InChI is InChI=1S/C16H19NO2/c18-13-11-17(15-7-3-1-4-8-15)12-14-19-16-9-5-2-6-10-16/h1-10,18H,11-14H2. The zero-order valence-corrected chi connectivity index (χ0v) is 10.9. The van der Waals surface area contributed by atoms with Crippen LogP contribution in [0.2, 0.25) is 0 Å². The lowest BCUT2D eigenvalue weighted by atomic mass is 10.3. The Bertz CT molecular complexity index is 459. The second-order valence-corrected chi connectivity index (χ2v) is 4.21. The average molecular weight is 257 g/mol. The number of aliphatic hydroxyl groups excluding tert-OH is 1. The first-order chi connectivity index (χ1) is 9.40. The van der Waals surface area contributed by atoms with Crippen LogP contribution in [0.5, 0.6) is 5.75 Å². The van der Waals surface area contributed by atoms with E-state index in [2.05, 4.69) is 4.90 Å². The van der Waals surface area contributed by atoms with Gasteiger partial charge in [0.25, 0.3) is 0 Å². The van der Waals surface area contributed by atoms with Crippen LogP contribution in [-0.4, -0.2) is 31.4 Å². The smallest absolute Gasteiger partial charge is 0.119 e. The number of para-hydroxylation sites is 2. The summed E-state index contributed by atoms with van der Waals surface area (Å²) >= 11 is 0. The Balaban J connectivity index is 1.87. The molecule has 1 N–H and O–H groups in total. The third-order valence-electron chi connectivity index (χ3n) is 2.86. The predicted molar refractivity (Wildman–Crippen MR) is 77.7 cm³/mol. The highest BCUT2D eigenvalue weighted by Crippen LogP contribution is 2.13. The lowest BCUT2D eigenvalue weighted by Gasteiger charge is -2.23. The first-order valence-electron chi connectivity index (χ1n) is 6.49. The summed E-state index contributed by atoms with van der Waals surface area (Å²) in [6.07, 6.45) is 0. The molecule has 0 aliphatic carbocycles. The topological polar surface area (TPSA) is 32.7 Å². The molecular formula is C16H19NO2. The van der Waals surface area contributed by atoms with Gasteiger partial charge in [0.1, 0.15) is 12.4 Å². The van der Waals surface area contributed by atoms with Crippen molar-refractivity contribution in [3.8, 4) is 5.75 Å². The molecule has 3 heteroatoms. The summed E-state index contributed by atoms with van der Waals surface area (Å²) in [5.41, 5.74) is 1.10. The Morgan fingerprint density at radius 3 is 2.11 bits per heavy atom. The van der Waals surface area contributed by atoms with Crippen molar-refractivity contribution < 1.29 is 9.84 Å². The van der Waals surface area contributed by atoms with Gasteiger partial charge in [0.15, 0.2) is 0 Å². The van der Waals surface area contributed by atoms with Crippen molar-refractivity contribution in [1.82, 2.24) is 0 Å². The van der Waals surface area contributed by atoms with Gasteiger partial charge in [-0.05, 0) is 24.3 Å². The van der Waals surface area contributed by atoms with Crippen LogP contribution < -0.4 is 9.64 Å². The van der Waals surface area contributed by atoms with Crippen molar-refractivity contribution in [2.75, 3.05) is 31.2 Å². The van der Waals surface area contributed by atoms with Crippen LogP contribution in [0, 0.1) is 0 Å². The maximum Gasteiger partial charge on any atom is 0.119 e. The lowest BCUT2D eigenvalue weighted by Crippen LogP contribution is -2.31. The first-order valence-corrected chi connectivity index (χ1v) is 6.49. The molecule has 19 heavy (non-hydrogen) atoms. The summed E-state index contributed by atoms with van der Waals surface area (Å²) in [4.78, 5) is 2.11. The van der Waals surface area contributed by atoms with Crippen LogP contribution in [-0.2, 0) is 0 Å². The maximum absolute atomic E-state index is 9.13. The van der Waals surface area contributed by atoms with Crippen molar-refractivity contribution in [1.29, 1.82) is 0 Å². The molecular weight excluding hydrogens is 238 g/mol. The van der Waals surface area contributed by atoms with E-state index in [9.17, 15) is 0 Å². The van der Waals surface area contributed by atoms with Crippen LogP contribution in [0.25, 0.3) is 0 Å². The van der Waals surface area contributed by atoms with E-state index >= 15 is 0 Å². The number of benzene rings is 2. The number of rotatable bonds is 7. The quantitative estimate of drug-likeness (QED) is 0.827. The molecule has 0 fully saturated rings. The molecule has 0 heterocycles. The van der Waals surface area contributed by atoms with Crippen LogP contribution >= 0.6 is 0 Å². The Kier molecular flexibility index (Phi) is 5.26. The fourth-order valence-corrected chi connectivity index (χ4v) is 1.92. The molecule has 0 saturated carbocycles. The number of aliphatic hydroxyl groups is 1. The van der Waals surface area contributed by atoms with Gasteiger partial charge in [-0.15, -0.1) is 0 Å². The number of anilines is 1. The van der Waals surface area contributed by atoms with E-state index in [1.54, 1.807) is 0 Å². The summed E-state index contributed by atoms with van der Waals surface area (Å²) in [5.74, 6) is 0.875. The van der Waals surface area contributed by atoms with Crippen LogP contribution in [0.4, 0.5) is 5.69 Å². The van der Waals surface area contributed by atoms with E-state index in [0.717, 1.165) is 18.0 Å². The summed E-state index contributed by atoms with van der Waals surface area (Å²) < 4.78 is 5.68. The minimum absolute atomic E-state index is 0.139. The molecule has 2 aromatic carbocycles. The molecule has 3 nitrogen and oxygen atoms in total. The molecule has 0 bridgehead atoms. The fourth-order valence-electron chi connectivity index (χ4n) is 1.92. The lowest BCUT2D eigenvalue weighted by molar-refractivity contribution is 0.290. The van der Waals surface area contributed by atoms with Gasteiger partial charge in [0.2, 0.25) is 0 Å². The Morgan fingerprint density at radius 2 is 1.47 bits per heavy atom. The summed E-state index contributed by atoms with van der Waals surface area (Å²) in [7, 11) is 0. The second-order valence-electron chi connectivity index (χ2n) is 4.21. The zero-order chi connectivity index (χ0) is 13.3. The Labute approximate surface area is 114 Å². The van der Waals surface area contributed by atoms with Crippen molar-refractivity contribution >= 4 is 5.69 Å². The zero-order valence-electron chi connectivity index (χ0n) is 10.9. The van der Waals surface area contributed by atoms with Gasteiger partial charge in [-0.1, -0.05) is 36.4 Å². The first kappa shape index (κ1) is 13.4. The highest BCUT2D eigenvalue weighted by Gasteiger charge is 2.05. The predicted octanol–water partition coefficient (Wildman–Crippen LogP) is 2.56. The molecule has 0 aliphatic heterocycles. The normalized spacial score (nSPS) is 10.2. The molecule has 2 aromatic rings. The Morgan fingerprint density at radius 1 is 0.842 bits per heavy atom. The molecule has 0 spiro atoms. The number of hydrogen-bond acceptors (Lipinski definition) is 3. The average Bonchev–Trinajstić information content (AvgIpc) is 2.48. The molecule has 0 aromatic heterocycles. The minimum atomic E-state index is 0.139. The summed E-state index contributed by atoms with van der Waals surface area (Å²) in [6.45, 7) is 2.10. The second kappa shape index (κ2) is 7.44. The number of nitrogens with zero attached hydrogens (tertiary/aromatic N) is 1. The summed E-state index contributed by atoms with van der Waals surface area (Å²) in [6, 6.07) is 19.8. The van der Waals surface area contributed by atoms with Crippen LogP contribution in [0.3, 0.4) is 0 Å². The Hall–Kier alpha value is -2.00. The summed E-state index contributed by atoms with van der Waals surface area (Å²) in [5, 5.41) is 9.13. The highest BCUT2D eigenvalue weighted by atomic mass is 16.5. The van der Waals surface area contributed by atoms with Gasteiger partial charge in [-0.3, -0.25) is 0 Å². The van der Waals surface area contributed by atoms with E-state index in [0.29, 0.717) is 13.2 Å². The van der Waals surface area contributed by atoms with Crippen LogP contribution in [0.15, 0.2) is 60.7 Å². The van der Waals surface area contributed by atoms with Gasteiger partial charge in [0.05, 0.1) is 13.2 Å². The van der Waals surface area contributed by atoms with Gasteiger partial charge >= 0.3 is 0 Å². The van der Waals surface area contributed by atoms with Crippen molar-refractivity contribution in [2.45, 2.75) is 0 Å². The largest absolute Gasteiger partial charge is 0.492 e. The third kappa shape index (κ3) is 4.30. The van der Waals surface area contributed by atoms with Crippen molar-refractivity contribution in [3.63, 3.8) is 0 Å². The molecule has 0 unspecified atom stereocenters. The molecule has 0 aliphatic rings. The highest BCUT2D eigenvalue weighted by molar-refractivity contribution is 5.45. The monoisotopic (exact) mass is 257 g/mol. The van der Waals surface area contributed by atoms with E-state index in [1.807, 2.05) is 60.7 Å². The third-order valence-corrected chi connectivity index (χ3v) is 2.86. The van der Waals surface area contributed by atoms with Crippen molar-refractivity contribution in [2.24, 2.45) is 0 Å². The van der Waals surface area contributed by atoms with E-state index in [-0.39, 0.29) is 6.61 Å². The maximum atomic E-state index is 9.13. The number of hydrogen-bond donors (Lipinski definition) is 1. The van der Waals surface area contributed by atoms with E-state index in [1.165, 1.54) is 0 Å². The minimum Gasteiger partial charge on any atom is -0.492 e. The molecule has 100 valence electrons. The fraction of sp³-hybridized carbons (Fsp3) is 0.250. The van der Waals surface area contributed by atoms with Gasteiger partial charge in [0, 0.05) is 12.2 Å². The van der Waals surface area contributed by atoms with Gasteiger partial charge < -0.3 is 14.7 Å². The SMILES string of the molecule is OCCN(CCOc1ccccc1)c1ccccc1. The molecule has 2 rings (SSSR count). The van der Waals surface area contributed by atoms with Crippen LogP contribution in [0.1, 0.15) is 0 Å². The van der Waals surface area contributed by atoms with E-state index in [4.69, 9.17) is 9.84 Å². The number of ether oxygens (including phenoxy) is 1. The van der Waals surface area contributed by atoms with E-state index < -0.39 is 0 Å². The molecule has 0 saturated heterocycles. The molecule has 0 amide bonds. The van der Waals surface area contributed by atoms with Gasteiger partial charge in [-0.25, -0.2) is 0 Å². The van der Waals surface area contributed by atoms with Crippen molar-refractivity contribution in [3.05, 3.63) is 60.7 Å².